The van der Waals surface area contributed by atoms with Crippen molar-refractivity contribution in [1.29, 1.82) is 0 Å². The lowest BCUT2D eigenvalue weighted by atomic mass is 10.2. The van der Waals surface area contributed by atoms with Crippen LogP contribution in [0.15, 0.2) is 23.0 Å². The van der Waals surface area contributed by atoms with E-state index in [0.717, 1.165) is 4.57 Å². The molecule has 158 valence electrons. The van der Waals surface area contributed by atoms with Gasteiger partial charge in [0.15, 0.2) is 5.69 Å². The van der Waals surface area contributed by atoms with Crippen LogP contribution < -0.4 is 15.2 Å². The number of rotatable bonds is 4. The summed E-state index contributed by atoms with van der Waals surface area (Å²) >= 11 is 11.9. The maximum absolute atomic E-state index is 12.6. The van der Waals surface area contributed by atoms with E-state index in [4.69, 9.17) is 23.2 Å². The Morgan fingerprint density at radius 3 is 2.52 bits per heavy atom. The number of anilines is 1. The molecule has 2 heterocycles. The van der Waals surface area contributed by atoms with E-state index >= 15 is 0 Å². The standard InChI is InChI=1S/C17H20Cl2N4O5S/c1-22-16(26)14(24)13(21-17(22)23-4-2-3-5-29(23,27)28)15(25)20-9-10-6-11(18)8-12(19)7-10/h6-8,24,27-28H,2-5,9H2,1H3,(H,20,25). The molecule has 29 heavy (non-hydrogen) atoms. The van der Waals surface area contributed by atoms with Crippen molar-refractivity contribution in [1.82, 2.24) is 14.9 Å². The summed E-state index contributed by atoms with van der Waals surface area (Å²) in [4.78, 5) is 29.1. The zero-order valence-corrected chi connectivity index (χ0v) is 17.8. The van der Waals surface area contributed by atoms with Crippen LogP contribution in [0.25, 0.3) is 0 Å². The lowest BCUT2D eigenvalue weighted by Gasteiger charge is -2.46. The fraction of sp³-hybridized carbons (Fsp3) is 0.353. The molecule has 3 rings (SSSR count). The number of halogens is 2. The van der Waals surface area contributed by atoms with E-state index < -0.39 is 33.7 Å². The molecule has 1 amide bonds. The lowest BCUT2D eigenvalue weighted by Crippen LogP contribution is -2.39. The van der Waals surface area contributed by atoms with Crippen molar-refractivity contribution in [3.63, 3.8) is 0 Å². The third-order valence-corrected chi connectivity index (χ3v) is 6.76. The van der Waals surface area contributed by atoms with Gasteiger partial charge in [-0.05, 0) is 36.6 Å². The Hall–Kier alpha value is -1.98. The summed E-state index contributed by atoms with van der Waals surface area (Å²) in [6, 6.07) is 4.77. The minimum Gasteiger partial charge on any atom is -0.501 e. The van der Waals surface area contributed by atoms with Crippen LogP contribution in [0, 0.1) is 0 Å². The van der Waals surface area contributed by atoms with Gasteiger partial charge in [0.25, 0.3) is 11.5 Å². The van der Waals surface area contributed by atoms with E-state index in [2.05, 4.69) is 10.3 Å². The topological polar surface area (TPSA) is 128 Å². The summed E-state index contributed by atoms with van der Waals surface area (Å²) in [6.45, 7) is 0.291. The van der Waals surface area contributed by atoms with Crippen LogP contribution in [-0.2, 0) is 13.6 Å². The summed E-state index contributed by atoms with van der Waals surface area (Å²) < 4.78 is 22.9. The molecule has 12 heteroatoms. The average Bonchev–Trinajstić information content (AvgIpc) is 2.64. The molecule has 9 nitrogen and oxygen atoms in total. The summed E-state index contributed by atoms with van der Waals surface area (Å²) in [5.74, 6) is -1.58. The SMILES string of the molecule is Cn1c(N2CCCCS2(O)O)nc(C(=O)NCc2cc(Cl)cc(Cl)c2)c(O)c1=O. The minimum absolute atomic E-state index is 0.0314. The van der Waals surface area contributed by atoms with Crippen LogP contribution >= 0.6 is 34.0 Å². The maximum Gasteiger partial charge on any atom is 0.297 e. The van der Waals surface area contributed by atoms with Crippen molar-refractivity contribution in [3.8, 4) is 5.75 Å². The molecule has 0 aliphatic carbocycles. The number of hydrogen-bond donors (Lipinski definition) is 4. The Kier molecular flexibility index (Phi) is 6.30. The lowest BCUT2D eigenvalue weighted by molar-refractivity contribution is 0.0942. The normalized spacial score (nSPS) is 17.1. The molecule has 0 spiro atoms. The first-order chi connectivity index (χ1) is 13.6. The number of nitrogens with zero attached hydrogens (tertiary/aromatic N) is 3. The number of nitrogens with one attached hydrogen (secondary N) is 1. The van der Waals surface area contributed by atoms with E-state index in [9.17, 15) is 23.8 Å². The summed E-state index contributed by atoms with van der Waals surface area (Å²) in [5.41, 5.74) is -0.756. The first-order valence-electron chi connectivity index (χ1n) is 8.67. The van der Waals surface area contributed by atoms with Gasteiger partial charge in [0.2, 0.25) is 11.7 Å². The second-order valence-electron chi connectivity index (χ2n) is 6.58. The number of carbonyl (C=O) groups excluding carboxylic acids is 1. The summed E-state index contributed by atoms with van der Waals surface area (Å²) in [6.07, 6.45) is 1.30. The zero-order valence-electron chi connectivity index (χ0n) is 15.4. The van der Waals surface area contributed by atoms with Gasteiger partial charge in [0, 0.05) is 30.2 Å². The number of amides is 1. The van der Waals surface area contributed by atoms with Gasteiger partial charge in [-0.2, -0.15) is 0 Å². The second-order valence-corrected chi connectivity index (χ2v) is 9.57. The number of aromatic nitrogens is 2. The molecule has 0 saturated carbocycles. The van der Waals surface area contributed by atoms with E-state index in [1.165, 1.54) is 11.4 Å². The molecule has 0 atom stereocenters. The van der Waals surface area contributed by atoms with Gasteiger partial charge in [0.1, 0.15) is 0 Å². The highest BCUT2D eigenvalue weighted by Gasteiger charge is 2.32. The second kappa shape index (κ2) is 8.41. The van der Waals surface area contributed by atoms with Crippen molar-refractivity contribution in [2.24, 2.45) is 7.05 Å². The first-order valence-corrected chi connectivity index (χ1v) is 11.1. The number of hydrogen-bond acceptors (Lipinski definition) is 7. The number of benzene rings is 1. The molecule has 1 aliphatic heterocycles. The van der Waals surface area contributed by atoms with E-state index in [1.54, 1.807) is 18.2 Å². The third kappa shape index (κ3) is 4.62. The Morgan fingerprint density at radius 2 is 1.90 bits per heavy atom. The molecule has 1 aromatic carbocycles. The van der Waals surface area contributed by atoms with Crippen molar-refractivity contribution in [2.45, 2.75) is 19.4 Å². The quantitative estimate of drug-likeness (QED) is 0.549. The van der Waals surface area contributed by atoms with Gasteiger partial charge in [-0.15, -0.1) is 10.8 Å². The van der Waals surface area contributed by atoms with Crippen LogP contribution in [-0.4, -0.2) is 42.0 Å². The summed E-state index contributed by atoms with van der Waals surface area (Å²) in [7, 11) is -1.83. The Morgan fingerprint density at radius 1 is 1.24 bits per heavy atom. The van der Waals surface area contributed by atoms with Crippen LogP contribution in [0.5, 0.6) is 5.75 Å². The molecule has 0 radical (unpaired) electrons. The Bertz CT molecular complexity index is 994. The maximum atomic E-state index is 12.6. The highest BCUT2D eigenvalue weighted by atomic mass is 35.5. The fourth-order valence-corrected chi connectivity index (χ4v) is 5.21. The van der Waals surface area contributed by atoms with Crippen molar-refractivity contribution >= 4 is 45.8 Å². The Balaban J connectivity index is 1.91. The van der Waals surface area contributed by atoms with Gasteiger partial charge in [-0.25, -0.2) is 9.29 Å². The molecule has 2 aromatic rings. The predicted octanol–water partition coefficient (Wildman–Crippen LogP) is 2.99. The van der Waals surface area contributed by atoms with Crippen LogP contribution in [0.4, 0.5) is 5.95 Å². The highest BCUT2D eigenvalue weighted by Crippen LogP contribution is 2.48. The molecule has 1 saturated heterocycles. The van der Waals surface area contributed by atoms with Crippen LogP contribution in [0.1, 0.15) is 28.9 Å². The van der Waals surface area contributed by atoms with Gasteiger partial charge < -0.3 is 10.4 Å². The van der Waals surface area contributed by atoms with Gasteiger partial charge in [-0.3, -0.25) is 23.3 Å². The van der Waals surface area contributed by atoms with Gasteiger partial charge in [-0.1, -0.05) is 23.2 Å². The van der Waals surface area contributed by atoms with Crippen molar-refractivity contribution in [3.05, 3.63) is 49.9 Å². The van der Waals surface area contributed by atoms with E-state index in [0.29, 0.717) is 28.5 Å². The Labute approximate surface area is 178 Å². The average molecular weight is 463 g/mol. The first kappa shape index (κ1) is 21.7. The largest absolute Gasteiger partial charge is 0.501 e. The van der Waals surface area contributed by atoms with Crippen LogP contribution in [0.2, 0.25) is 10.0 Å². The van der Waals surface area contributed by atoms with Gasteiger partial charge >= 0.3 is 0 Å². The molecular formula is C17H20Cl2N4O5S. The predicted molar refractivity (Wildman–Crippen MR) is 113 cm³/mol. The molecular weight excluding hydrogens is 443 g/mol. The van der Waals surface area contributed by atoms with E-state index in [1.807, 2.05) is 0 Å². The molecule has 0 bridgehead atoms. The van der Waals surface area contributed by atoms with Crippen molar-refractivity contribution < 1.29 is 19.0 Å². The molecule has 1 fully saturated rings. The van der Waals surface area contributed by atoms with Crippen LogP contribution in [0.3, 0.4) is 0 Å². The molecule has 0 unspecified atom stereocenters. The molecule has 4 N–H and O–H groups in total. The summed E-state index contributed by atoms with van der Waals surface area (Å²) in [5, 5.41) is 13.5. The van der Waals surface area contributed by atoms with E-state index in [-0.39, 0.29) is 24.8 Å². The van der Waals surface area contributed by atoms with Crippen molar-refractivity contribution in [2.75, 3.05) is 16.6 Å². The number of carbonyl (C=O) groups is 1. The monoisotopic (exact) mass is 462 g/mol. The van der Waals surface area contributed by atoms with Gasteiger partial charge in [0.05, 0.1) is 5.75 Å². The molecule has 1 aromatic heterocycles. The number of aromatic hydroxyl groups is 1. The minimum atomic E-state index is -3.17. The zero-order chi connectivity index (χ0) is 21.3. The molecule has 1 aliphatic rings. The third-order valence-electron chi connectivity index (χ3n) is 4.44. The highest BCUT2D eigenvalue weighted by molar-refractivity contribution is 8.25. The fourth-order valence-electron chi connectivity index (χ4n) is 2.98. The smallest absolute Gasteiger partial charge is 0.297 e.